The normalized spacial score (nSPS) is 11.3. The number of amides is 1. The van der Waals surface area contributed by atoms with Crippen LogP contribution in [0.4, 0.5) is 0 Å². The molecule has 26 heavy (non-hydrogen) atoms. The van der Waals surface area contributed by atoms with Gasteiger partial charge in [0.25, 0.3) is 5.91 Å². The van der Waals surface area contributed by atoms with Crippen molar-refractivity contribution in [2.75, 3.05) is 20.1 Å². The molecule has 0 saturated heterocycles. The summed E-state index contributed by atoms with van der Waals surface area (Å²) in [5, 5.41) is 10.5. The van der Waals surface area contributed by atoms with Crippen LogP contribution in [-0.2, 0) is 6.54 Å². The Balaban J connectivity index is 1.64. The van der Waals surface area contributed by atoms with Crippen LogP contribution in [-0.4, -0.2) is 37.0 Å². The fourth-order valence-electron chi connectivity index (χ4n) is 2.20. The molecular formula is C18H24BrN5OS. The number of hydrogen-bond acceptors (Lipinski definition) is 4. The first-order chi connectivity index (χ1) is 12.5. The summed E-state index contributed by atoms with van der Waals surface area (Å²) >= 11 is 5.05. The average molecular weight is 438 g/mol. The first-order valence-electron chi connectivity index (χ1n) is 8.40. The number of carbonyl (C=O) groups excluding carboxylic acids is 1. The molecule has 3 N–H and O–H groups in total. The zero-order chi connectivity index (χ0) is 18.9. The van der Waals surface area contributed by atoms with Crippen molar-refractivity contribution in [2.45, 2.75) is 26.8 Å². The zero-order valence-corrected chi connectivity index (χ0v) is 17.6. The predicted octanol–water partition coefficient (Wildman–Crippen LogP) is 3.01. The molecule has 0 bridgehead atoms. The topological polar surface area (TPSA) is 78.4 Å². The Bertz CT molecular complexity index is 738. The molecule has 1 amide bonds. The highest BCUT2D eigenvalue weighted by Gasteiger charge is 2.06. The summed E-state index contributed by atoms with van der Waals surface area (Å²) in [7, 11) is 1.74. The minimum Gasteiger partial charge on any atom is -0.356 e. The van der Waals surface area contributed by atoms with Gasteiger partial charge in [0.15, 0.2) is 5.96 Å². The van der Waals surface area contributed by atoms with E-state index in [1.807, 2.05) is 19.1 Å². The number of aryl methyl sites for hydroxylation is 2. The van der Waals surface area contributed by atoms with Crippen molar-refractivity contribution >= 4 is 39.1 Å². The first-order valence-corrected chi connectivity index (χ1v) is 10.0. The van der Waals surface area contributed by atoms with Gasteiger partial charge in [-0.2, -0.15) is 0 Å². The molecule has 2 aromatic rings. The van der Waals surface area contributed by atoms with Crippen molar-refractivity contribution in [1.82, 2.24) is 20.9 Å². The first kappa shape index (κ1) is 20.4. The smallest absolute Gasteiger partial charge is 0.251 e. The van der Waals surface area contributed by atoms with E-state index < -0.39 is 0 Å². The predicted molar refractivity (Wildman–Crippen MR) is 111 cm³/mol. The second kappa shape index (κ2) is 10.3. The van der Waals surface area contributed by atoms with Crippen molar-refractivity contribution in [3.8, 4) is 0 Å². The van der Waals surface area contributed by atoms with Gasteiger partial charge in [-0.15, -0.1) is 11.3 Å². The quantitative estimate of drug-likeness (QED) is 0.353. The fraction of sp³-hybridized carbons (Fsp3) is 0.389. The van der Waals surface area contributed by atoms with E-state index in [0.29, 0.717) is 18.7 Å². The second-order valence-electron chi connectivity index (χ2n) is 5.72. The summed E-state index contributed by atoms with van der Waals surface area (Å²) in [6.07, 6.45) is 0.804. The molecule has 0 aliphatic heterocycles. The molecule has 0 aliphatic carbocycles. The summed E-state index contributed by atoms with van der Waals surface area (Å²) in [5.74, 6) is 0.671. The monoisotopic (exact) mass is 437 g/mol. The number of benzene rings is 1. The third kappa shape index (κ3) is 6.42. The van der Waals surface area contributed by atoms with Gasteiger partial charge in [-0.1, -0.05) is 15.9 Å². The minimum atomic E-state index is -0.0606. The molecule has 0 aliphatic rings. The fourth-order valence-corrected chi connectivity index (χ4v) is 3.33. The number of nitrogens with one attached hydrogen (secondary N) is 3. The van der Waals surface area contributed by atoms with Crippen LogP contribution in [0.2, 0.25) is 0 Å². The number of thiazole rings is 1. The Morgan fingerprint density at radius 3 is 2.46 bits per heavy atom. The van der Waals surface area contributed by atoms with Crippen molar-refractivity contribution in [3.05, 3.63) is 49.9 Å². The third-order valence-electron chi connectivity index (χ3n) is 3.74. The van der Waals surface area contributed by atoms with E-state index in [-0.39, 0.29) is 5.91 Å². The van der Waals surface area contributed by atoms with E-state index in [0.717, 1.165) is 34.1 Å². The Kier molecular flexibility index (Phi) is 8.06. The third-order valence-corrected chi connectivity index (χ3v) is 5.34. The standard InChI is InChI=1S/C18H24BrN5OS/c1-12-13(2)26-16(24-12)11-23-18(20-3)22-10-4-9-21-17(25)14-5-7-15(19)8-6-14/h5-8H,4,9-11H2,1-3H3,(H,21,25)(H2,20,22,23). The lowest BCUT2D eigenvalue weighted by Crippen LogP contribution is -2.38. The van der Waals surface area contributed by atoms with Gasteiger partial charge in [0.2, 0.25) is 0 Å². The number of aliphatic imine (C=N–C) groups is 1. The Morgan fingerprint density at radius 2 is 1.85 bits per heavy atom. The molecule has 1 heterocycles. The van der Waals surface area contributed by atoms with E-state index in [2.05, 4.69) is 48.8 Å². The molecular weight excluding hydrogens is 414 g/mol. The molecule has 0 fully saturated rings. The molecule has 8 heteroatoms. The van der Waals surface area contributed by atoms with Gasteiger partial charge in [-0.05, 0) is 44.5 Å². The highest BCUT2D eigenvalue weighted by Crippen LogP contribution is 2.15. The van der Waals surface area contributed by atoms with Crippen LogP contribution in [0, 0.1) is 13.8 Å². The van der Waals surface area contributed by atoms with Crippen molar-refractivity contribution in [3.63, 3.8) is 0 Å². The van der Waals surface area contributed by atoms with E-state index in [1.54, 1.807) is 30.5 Å². The average Bonchev–Trinajstić information content (AvgIpc) is 2.95. The van der Waals surface area contributed by atoms with E-state index in [9.17, 15) is 4.79 Å². The Hall–Kier alpha value is -1.93. The number of rotatable bonds is 7. The molecule has 1 aromatic heterocycles. The number of carbonyl (C=O) groups is 1. The van der Waals surface area contributed by atoms with Gasteiger partial charge >= 0.3 is 0 Å². The van der Waals surface area contributed by atoms with Crippen molar-refractivity contribution in [1.29, 1.82) is 0 Å². The summed E-state index contributed by atoms with van der Waals surface area (Å²) in [6.45, 7) is 6.07. The van der Waals surface area contributed by atoms with Gasteiger partial charge in [-0.25, -0.2) is 4.98 Å². The second-order valence-corrected chi connectivity index (χ2v) is 7.92. The van der Waals surface area contributed by atoms with Crippen LogP contribution in [0.1, 0.15) is 32.4 Å². The van der Waals surface area contributed by atoms with Gasteiger partial charge in [0.1, 0.15) is 5.01 Å². The number of guanidine groups is 1. The van der Waals surface area contributed by atoms with Crippen LogP contribution in [0.25, 0.3) is 0 Å². The SMILES string of the molecule is CN=C(NCCCNC(=O)c1ccc(Br)cc1)NCc1nc(C)c(C)s1. The Morgan fingerprint density at radius 1 is 1.15 bits per heavy atom. The molecule has 0 spiro atoms. The van der Waals surface area contributed by atoms with Gasteiger partial charge in [-0.3, -0.25) is 9.79 Å². The summed E-state index contributed by atoms with van der Waals surface area (Å²) in [4.78, 5) is 22.0. The van der Waals surface area contributed by atoms with Crippen LogP contribution in [0.15, 0.2) is 33.7 Å². The molecule has 0 atom stereocenters. The van der Waals surface area contributed by atoms with E-state index in [1.165, 1.54) is 4.88 Å². The Labute approximate surface area is 166 Å². The van der Waals surface area contributed by atoms with Crippen LogP contribution >= 0.6 is 27.3 Å². The van der Waals surface area contributed by atoms with Crippen molar-refractivity contribution < 1.29 is 4.79 Å². The molecule has 0 radical (unpaired) electrons. The van der Waals surface area contributed by atoms with E-state index in [4.69, 9.17) is 0 Å². The minimum absolute atomic E-state index is 0.0606. The van der Waals surface area contributed by atoms with Crippen LogP contribution < -0.4 is 16.0 Å². The van der Waals surface area contributed by atoms with Gasteiger partial charge in [0, 0.05) is 35.1 Å². The van der Waals surface area contributed by atoms with Crippen molar-refractivity contribution in [2.24, 2.45) is 4.99 Å². The van der Waals surface area contributed by atoms with Gasteiger partial charge in [0.05, 0.1) is 12.2 Å². The number of halogens is 1. The van der Waals surface area contributed by atoms with Crippen LogP contribution in [0.5, 0.6) is 0 Å². The van der Waals surface area contributed by atoms with Crippen LogP contribution in [0.3, 0.4) is 0 Å². The highest BCUT2D eigenvalue weighted by molar-refractivity contribution is 9.10. The molecule has 140 valence electrons. The van der Waals surface area contributed by atoms with Gasteiger partial charge < -0.3 is 16.0 Å². The maximum atomic E-state index is 12.0. The zero-order valence-electron chi connectivity index (χ0n) is 15.2. The molecule has 2 rings (SSSR count). The lowest BCUT2D eigenvalue weighted by molar-refractivity contribution is 0.0953. The highest BCUT2D eigenvalue weighted by atomic mass is 79.9. The largest absolute Gasteiger partial charge is 0.356 e. The maximum Gasteiger partial charge on any atom is 0.251 e. The molecule has 0 saturated carbocycles. The molecule has 0 unspecified atom stereocenters. The van der Waals surface area contributed by atoms with E-state index >= 15 is 0 Å². The lowest BCUT2D eigenvalue weighted by Gasteiger charge is -2.11. The maximum absolute atomic E-state index is 12.0. The lowest BCUT2D eigenvalue weighted by atomic mass is 10.2. The number of aromatic nitrogens is 1. The number of nitrogens with zero attached hydrogens (tertiary/aromatic N) is 2. The molecule has 1 aromatic carbocycles. The summed E-state index contributed by atoms with van der Waals surface area (Å²) in [6, 6.07) is 7.31. The molecule has 6 nitrogen and oxygen atoms in total. The number of hydrogen-bond donors (Lipinski definition) is 3. The summed E-state index contributed by atoms with van der Waals surface area (Å²) in [5.41, 5.74) is 1.74. The summed E-state index contributed by atoms with van der Waals surface area (Å²) < 4.78 is 0.959.